The number of aromatic nitrogens is 1. The number of ether oxygens (including phenoxy) is 1. The summed E-state index contributed by atoms with van der Waals surface area (Å²) in [5.74, 6) is 0.939. The number of pyridine rings is 1. The number of carbonyl (C=O) groups is 1. The van der Waals surface area contributed by atoms with Gasteiger partial charge in [-0.2, -0.15) is 0 Å². The quantitative estimate of drug-likeness (QED) is 0.648. The second-order valence-corrected chi connectivity index (χ2v) is 7.19. The van der Waals surface area contributed by atoms with Gasteiger partial charge in [0.2, 0.25) is 0 Å². The van der Waals surface area contributed by atoms with E-state index in [9.17, 15) is 4.79 Å². The van der Waals surface area contributed by atoms with Crippen molar-refractivity contribution in [2.75, 3.05) is 26.2 Å². The second-order valence-electron chi connectivity index (χ2n) is 7.19. The number of piperazine rings is 1. The van der Waals surface area contributed by atoms with Crippen molar-refractivity contribution in [1.29, 1.82) is 0 Å². The first kappa shape index (κ1) is 19.2. The molecule has 0 spiro atoms. The zero-order chi connectivity index (χ0) is 19.9. The van der Waals surface area contributed by atoms with Gasteiger partial charge in [0.1, 0.15) is 12.4 Å². The van der Waals surface area contributed by atoms with Gasteiger partial charge in [0, 0.05) is 44.5 Å². The summed E-state index contributed by atoms with van der Waals surface area (Å²) in [6, 6.07) is 23.4. The Bertz CT molecular complexity index is 906. The molecule has 5 nitrogen and oxygen atoms in total. The van der Waals surface area contributed by atoms with Gasteiger partial charge in [-0.3, -0.25) is 14.7 Å². The minimum absolute atomic E-state index is 0.0954. The van der Waals surface area contributed by atoms with E-state index >= 15 is 0 Å². The van der Waals surface area contributed by atoms with E-state index in [1.54, 1.807) is 0 Å². The van der Waals surface area contributed by atoms with Crippen molar-refractivity contribution < 1.29 is 9.53 Å². The highest BCUT2D eigenvalue weighted by Gasteiger charge is 2.22. The summed E-state index contributed by atoms with van der Waals surface area (Å²) in [7, 11) is 0. The van der Waals surface area contributed by atoms with Crippen molar-refractivity contribution in [3.05, 3.63) is 95.8 Å². The molecule has 0 unspecified atom stereocenters. The van der Waals surface area contributed by atoms with Crippen molar-refractivity contribution in [2.24, 2.45) is 0 Å². The van der Waals surface area contributed by atoms with Crippen LogP contribution in [0, 0.1) is 0 Å². The van der Waals surface area contributed by atoms with Crippen LogP contribution in [0.3, 0.4) is 0 Å². The maximum Gasteiger partial charge on any atom is 0.253 e. The number of benzene rings is 2. The topological polar surface area (TPSA) is 45.7 Å². The third-order valence-electron chi connectivity index (χ3n) is 5.12. The Balaban J connectivity index is 1.27. The summed E-state index contributed by atoms with van der Waals surface area (Å²) < 4.78 is 5.76. The predicted molar refractivity (Wildman–Crippen MR) is 113 cm³/mol. The number of hydrogen-bond donors (Lipinski definition) is 0. The third-order valence-corrected chi connectivity index (χ3v) is 5.12. The molecule has 0 aliphatic carbocycles. The van der Waals surface area contributed by atoms with Crippen LogP contribution < -0.4 is 4.74 Å². The van der Waals surface area contributed by atoms with Gasteiger partial charge in [0.05, 0.1) is 5.69 Å². The molecule has 29 heavy (non-hydrogen) atoms. The highest BCUT2D eigenvalue weighted by molar-refractivity contribution is 5.94. The van der Waals surface area contributed by atoms with Gasteiger partial charge in [0.15, 0.2) is 0 Å². The highest BCUT2D eigenvalue weighted by atomic mass is 16.5. The first-order chi connectivity index (χ1) is 14.3. The molecule has 0 bridgehead atoms. The minimum Gasteiger partial charge on any atom is -0.489 e. The number of para-hydroxylation sites is 1. The van der Waals surface area contributed by atoms with E-state index in [1.807, 2.05) is 83.9 Å². The largest absolute Gasteiger partial charge is 0.489 e. The molecule has 5 heteroatoms. The Morgan fingerprint density at radius 3 is 2.28 bits per heavy atom. The number of nitrogens with zero attached hydrogens (tertiary/aromatic N) is 3. The maximum absolute atomic E-state index is 12.8. The van der Waals surface area contributed by atoms with Gasteiger partial charge < -0.3 is 9.64 Å². The van der Waals surface area contributed by atoms with Gasteiger partial charge >= 0.3 is 0 Å². The lowest BCUT2D eigenvalue weighted by Gasteiger charge is -2.34. The van der Waals surface area contributed by atoms with E-state index in [2.05, 4.69) is 9.88 Å². The maximum atomic E-state index is 12.8. The summed E-state index contributed by atoms with van der Waals surface area (Å²) in [4.78, 5) is 21.5. The molecule has 0 N–H and O–H groups in total. The molecule has 0 radical (unpaired) electrons. The summed E-state index contributed by atoms with van der Waals surface area (Å²) in [6.45, 7) is 4.54. The molecule has 4 rings (SSSR count). The van der Waals surface area contributed by atoms with Gasteiger partial charge in [-0.1, -0.05) is 36.4 Å². The summed E-state index contributed by atoms with van der Waals surface area (Å²) in [6.07, 6.45) is 1.82. The van der Waals surface area contributed by atoms with Crippen molar-refractivity contribution in [3.63, 3.8) is 0 Å². The lowest BCUT2D eigenvalue weighted by Crippen LogP contribution is -2.48. The van der Waals surface area contributed by atoms with Crippen LogP contribution in [0.15, 0.2) is 79.0 Å². The highest BCUT2D eigenvalue weighted by Crippen LogP contribution is 2.14. The molecule has 1 fully saturated rings. The van der Waals surface area contributed by atoms with Gasteiger partial charge in [-0.25, -0.2) is 0 Å². The van der Waals surface area contributed by atoms with Crippen LogP contribution in [-0.2, 0) is 13.2 Å². The lowest BCUT2D eigenvalue weighted by molar-refractivity contribution is 0.0627. The van der Waals surface area contributed by atoms with E-state index in [-0.39, 0.29) is 5.91 Å². The lowest BCUT2D eigenvalue weighted by atomic mass is 10.1. The molecule has 0 saturated carbocycles. The normalized spacial score (nSPS) is 14.6. The molecule has 0 atom stereocenters. The van der Waals surface area contributed by atoms with E-state index < -0.39 is 0 Å². The van der Waals surface area contributed by atoms with E-state index in [0.717, 1.165) is 55.3 Å². The van der Waals surface area contributed by atoms with E-state index in [0.29, 0.717) is 6.61 Å². The van der Waals surface area contributed by atoms with Crippen LogP contribution in [-0.4, -0.2) is 46.9 Å². The van der Waals surface area contributed by atoms with Crippen LogP contribution in [0.1, 0.15) is 21.6 Å². The van der Waals surface area contributed by atoms with E-state index in [1.165, 1.54) is 0 Å². The Hall–Kier alpha value is -3.18. The molecular weight excluding hydrogens is 362 g/mol. The van der Waals surface area contributed by atoms with Crippen molar-refractivity contribution in [3.8, 4) is 5.75 Å². The van der Waals surface area contributed by atoms with Crippen molar-refractivity contribution >= 4 is 5.91 Å². The molecule has 1 aliphatic heterocycles. The fraction of sp³-hybridized carbons (Fsp3) is 0.250. The van der Waals surface area contributed by atoms with Gasteiger partial charge in [0.25, 0.3) is 5.91 Å². The molecule has 1 aliphatic rings. The summed E-state index contributed by atoms with van der Waals surface area (Å²) in [5.41, 5.74) is 2.85. The first-order valence-electron chi connectivity index (χ1n) is 9.96. The molecule has 3 aromatic rings. The second kappa shape index (κ2) is 9.34. The molecular formula is C24H25N3O2. The average molecular weight is 387 g/mol. The molecule has 1 amide bonds. The first-order valence-corrected chi connectivity index (χ1v) is 9.96. The Labute approximate surface area is 171 Å². The van der Waals surface area contributed by atoms with Crippen LogP contribution >= 0.6 is 0 Å². The minimum atomic E-state index is 0.0954. The fourth-order valence-electron chi connectivity index (χ4n) is 3.44. The van der Waals surface area contributed by atoms with Crippen LogP contribution in [0.5, 0.6) is 5.75 Å². The van der Waals surface area contributed by atoms with E-state index in [4.69, 9.17) is 4.74 Å². The van der Waals surface area contributed by atoms with Crippen LogP contribution in [0.2, 0.25) is 0 Å². The number of hydrogen-bond acceptors (Lipinski definition) is 4. The van der Waals surface area contributed by atoms with Crippen molar-refractivity contribution in [1.82, 2.24) is 14.8 Å². The van der Waals surface area contributed by atoms with Crippen LogP contribution in [0.25, 0.3) is 0 Å². The standard InChI is InChI=1S/C24H25N3O2/c28-24(27-16-14-26(15-17-27)18-22-6-4-5-13-25-22)21-11-9-20(10-12-21)19-29-23-7-2-1-3-8-23/h1-13H,14-19H2. The monoisotopic (exact) mass is 387 g/mol. The fourth-order valence-corrected chi connectivity index (χ4v) is 3.44. The number of carbonyl (C=O) groups excluding carboxylic acids is 1. The molecule has 2 aromatic carbocycles. The predicted octanol–water partition coefficient (Wildman–Crippen LogP) is 3.62. The number of amides is 1. The van der Waals surface area contributed by atoms with Crippen molar-refractivity contribution in [2.45, 2.75) is 13.2 Å². The SMILES string of the molecule is O=C(c1ccc(COc2ccccc2)cc1)N1CCN(Cc2ccccn2)CC1. The Morgan fingerprint density at radius 2 is 1.59 bits per heavy atom. The molecule has 1 saturated heterocycles. The Kier molecular flexibility index (Phi) is 6.17. The third kappa shape index (κ3) is 5.21. The molecule has 148 valence electrons. The summed E-state index contributed by atoms with van der Waals surface area (Å²) >= 11 is 0. The van der Waals surface area contributed by atoms with Gasteiger partial charge in [-0.05, 0) is 42.0 Å². The van der Waals surface area contributed by atoms with Gasteiger partial charge in [-0.15, -0.1) is 0 Å². The average Bonchev–Trinajstić information content (AvgIpc) is 2.79. The zero-order valence-electron chi connectivity index (χ0n) is 16.4. The molecule has 1 aromatic heterocycles. The summed E-state index contributed by atoms with van der Waals surface area (Å²) in [5, 5.41) is 0. The smallest absolute Gasteiger partial charge is 0.253 e. The molecule has 2 heterocycles. The number of rotatable bonds is 6. The Morgan fingerprint density at radius 1 is 0.862 bits per heavy atom. The van der Waals surface area contributed by atoms with Crippen LogP contribution in [0.4, 0.5) is 0 Å². The zero-order valence-corrected chi connectivity index (χ0v) is 16.4.